The average molecular weight is 780 g/mol. The standard InChI is InChI=1S/C37H49N9O10/c1-16-24(30(49)22-18(14-55-34(38)51)36(53-4)32-20(42-32)12-45(36)26(22)28(16)47)40-8-6-10-44(3)11-7-9-41-25-17(2)29(48)27-23(31(25)50)19(15-56-35(39)52)37(54-5)33-21(43-33)13-46(27)37/h18-21,32-33,40-43H,6-15H2,1-5H3,(H2,38,51)(H2,39,52)/t18-,19-,20+,21?,32+,33?,36-,37-/m1/s1. The fourth-order valence-corrected chi connectivity index (χ4v) is 10.2. The molecule has 6 heterocycles. The van der Waals surface area contributed by atoms with Crippen LogP contribution in [0.2, 0.25) is 0 Å². The van der Waals surface area contributed by atoms with Crippen molar-refractivity contribution in [3.05, 3.63) is 45.1 Å². The van der Waals surface area contributed by atoms with E-state index in [-0.39, 0.29) is 83.1 Å². The molecule has 8 rings (SSSR count). The van der Waals surface area contributed by atoms with Gasteiger partial charge in [0.1, 0.15) is 13.2 Å². The molecule has 8 aliphatic rings. The van der Waals surface area contributed by atoms with Crippen molar-refractivity contribution >= 4 is 35.3 Å². The summed E-state index contributed by atoms with van der Waals surface area (Å²) in [6, 6.07) is -0.0465. The molecule has 0 aromatic rings. The highest BCUT2D eigenvalue weighted by molar-refractivity contribution is 6.26. The summed E-state index contributed by atoms with van der Waals surface area (Å²) in [6.07, 6.45) is -0.642. The highest BCUT2D eigenvalue weighted by Crippen LogP contribution is 2.57. The van der Waals surface area contributed by atoms with Gasteiger partial charge in [-0.1, -0.05) is 0 Å². The molecule has 2 aliphatic carbocycles. The molecule has 0 radical (unpaired) electrons. The summed E-state index contributed by atoms with van der Waals surface area (Å²) in [4.78, 5) is 84.7. The number of nitrogens with zero attached hydrogens (tertiary/aromatic N) is 3. The number of nitrogens with two attached hydrogens (primary N) is 2. The number of ketones is 4. The Morgan fingerprint density at radius 3 is 1.48 bits per heavy atom. The minimum atomic E-state index is -1.04. The third kappa shape index (κ3) is 5.42. The van der Waals surface area contributed by atoms with E-state index in [9.17, 15) is 28.8 Å². The Morgan fingerprint density at radius 2 is 1.12 bits per heavy atom. The lowest BCUT2D eigenvalue weighted by Crippen LogP contribution is -2.55. The number of allylic oxidation sites excluding steroid dienone is 4. The lowest BCUT2D eigenvalue weighted by molar-refractivity contribution is -0.137. The van der Waals surface area contributed by atoms with Gasteiger partial charge in [-0.25, -0.2) is 9.59 Å². The van der Waals surface area contributed by atoms with Crippen LogP contribution in [0.3, 0.4) is 0 Å². The van der Waals surface area contributed by atoms with Crippen molar-refractivity contribution in [2.75, 3.05) is 73.7 Å². The lowest BCUT2D eigenvalue weighted by atomic mass is 9.82. The summed E-state index contributed by atoms with van der Waals surface area (Å²) in [5, 5.41) is 13.1. The third-order valence-corrected chi connectivity index (χ3v) is 12.9. The average Bonchev–Trinajstić information content (AvgIpc) is 4.00. The van der Waals surface area contributed by atoms with Crippen molar-refractivity contribution in [2.45, 2.75) is 62.3 Å². The van der Waals surface area contributed by atoms with Gasteiger partial charge in [0, 0.05) is 74.8 Å². The first kappa shape index (κ1) is 38.1. The molecule has 56 heavy (non-hydrogen) atoms. The number of amides is 2. The molecule has 302 valence electrons. The molecule has 0 saturated carbocycles. The molecule has 19 nitrogen and oxygen atoms in total. The van der Waals surface area contributed by atoms with Crippen LogP contribution in [-0.2, 0) is 38.1 Å². The molecule has 19 heteroatoms. The summed E-state index contributed by atoms with van der Waals surface area (Å²) < 4.78 is 22.5. The number of rotatable bonds is 16. The number of fused-ring (bicyclic) bond motifs is 8. The van der Waals surface area contributed by atoms with Crippen molar-refractivity contribution in [3.8, 4) is 0 Å². The highest BCUT2D eigenvalue weighted by atomic mass is 16.6. The number of piperazine rings is 2. The zero-order valence-electron chi connectivity index (χ0n) is 32.1. The van der Waals surface area contributed by atoms with Gasteiger partial charge in [0.2, 0.25) is 23.1 Å². The van der Waals surface area contributed by atoms with Crippen LogP contribution >= 0.6 is 0 Å². The van der Waals surface area contributed by atoms with Crippen LogP contribution in [0.1, 0.15) is 26.7 Å². The molecular formula is C37H49N9O10. The van der Waals surface area contributed by atoms with Crippen molar-refractivity contribution in [3.63, 3.8) is 0 Å². The molecule has 0 bridgehead atoms. The maximum Gasteiger partial charge on any atom is 0.404 e. The molecule has 6 aliphatic heterocycles. The Bertz CT molecular complexity index is 1820. The second kappa shape index (κ2) is 13.7. The van der Waals surface area contributed by atoms with E-state index in [2.05, 4.69) is 26.2 Å². The van der Waals surface area contributed by atoms with E-state index in [0.29, 0.717) is 74.7 Å². The van der Waals surface area contributed by atoms with Crippen LogP contribution in [0.4, 0.5) is 9.59 Å². The maximum absolute atomic E-state index is 14.1. The lowest BCUT2D eigenvalue weighted by Gasteiger charge is -2.39. The van der Waals surface area contributed by atoms with E-state index < -0.39 is 35.5 Å². The Balaban J connectivity index is 0.844. The summed E-state index contributed by atoms with van der Waals surface area (Å²) >= 11 is 0. The normalized spacial score (nSPS) is 33.5. The van der Waals surface area contributed by atoms with E-state index in [1.165, 1.54) is 14.2 Å². The first-order chi connectivity index (χ1) is 26.7. The molecule has 0 spiro atoms. The molecule has 2 unspecified atom stereocenters. The van der Waals surface area contributed by atoms with Gasteiger partial charge >= 0.3 is 12.2 Å². The molecule has 0 aromatic carbocycles. The van der Waals surface area contributed by atoms with Gasteiger partial charge in [-0.15, -0.1) is 0 Å². The van der Waals surface area contributed by atoms with Crippen LogP contribution in [0.5, 0.6) is 0 Å². The molecule has 8 atom stereocenters. The summed E-state index contributed by atoms with van der Waals surface area (Å²) in [5.74, 6) is -2.59. The molecule has 4 fully saturated rings. The number of hydrogen-bond acceptors (Lipinski definition) is 17. The van der Waals surface area contributed by atoms with E-state index in [4.69, 9.17) is 30.4 Å². The Labute approximate surface area is 323 Å². The van der Waals surface area contributed by atoms with Crippen LogP contribution < -0.4 is 32.7 Å². The van der Waals surface area contributed by atoms with Gasteiger partial charge in [-0.05, 0) is 46.8 Å². The number of nitrogens with one attached hydrogen (secondary N) is 4. The predicted octanol–water partition coefficient (Wildman–Crippen LogP) is -2.31. The van der Waals surface area contributed by atoms with Crippen LogP contribution in [0.15, 0.2) is 45.1 Å². The largest absolute Gasteiger partial charge is 0.449 e. The molecule has 4 saturated heterocycles. The predicted molar refractivity (Wildman–Crippen MR) is 195 cm³/mol. The Morgan fingerprint density at radius 1 is 0.732 bits per heavy atom. The topological polar surface area (TPSA) is 269 Å². The number of hydrogen-bond donors (Lipinski definition) is 6. The number of ether oxygens (including phenoxy) is 4. The van der Waals surface area contributed by atoms with Crippen LogP contribution in [0, 0.1) is 11.8 Å². The van der Waals surface area contributed by atoms with Gasteiger partial charge in [-0.3, -0.25) is 19.2 Å². The monoisotopic (exact) mass is 779 g/mol. The van der Waals surface area contributed by atoms with Gasteiger partial charge in [0.15, 0.2) is 11.4 Å². The van der Waals surface area contributed by atoms with Crippen LogP contribution in [-0.4, -0.2) is 159 Å². The minimum Gasteiger partial charge on any atom is -0.449 e. The van der Waals surface area contributed by atoms with E-state index in [1.54, 1.807) is 13.8 Å². The fourth-order valence-electron chi connectivity index (χ4n) is 10.2. The number of primary amides is 2. The highest BCUT2D eigenvalue weighted by Gasteiger charge is 2.74. The number of carbonyl (C=O) groups is 6. The first-order valence-electron chi connectivity index (χ1n) is 19.0. The molecular weight excluding hydrogens is 730 g/mol. The molecule has 2 amide bonds. The second-order valence-corrected chi connectivity index (χ2v) is 15.7. The summed E-state index contributed by atoms with van der Waals surface area (Å²) in [7, 11) is 5.03. The second-order valence-electron chi connectivity index (χ2n) is 15.7. The number of methoxy groups -OCH3 is 2. The number of carbonyl (C=O) groups excluding carboxylic acids is 6. The molecule has 8 N–H and O–H groups in total. The van der Waals surface area contributed by atoms with E-state index in [1.807, 2.05) is 16.8 Å². The van der Waals surface area contributed by atoms with Crippen molar-refractivity contribution in [2.24, 2.45) is 23.3 Å². The third-order valence-electron chi connectivity index (χ3n) is 12.9. The molecule has 0 aromatic heterocycles. The Kier molecular flexibility index (Phi) is 9.30. The van der Waals surface area contributed by atoms with Crippen molar-refractivity contribution in [1.82, 2.24) is 36.0 Å². The van der Waals surface area contributed by atoms with Crippen molar-refractivity contribution in [1.29, 1.82) is 0 Å². The van der Waals surface area contributed by atoms with E-state index >= 15 is 0 Å². The minimum absolute atomic E-state index is 0.104. The zero-order valence-corrected chi connectivity index (χ0v) is 32.1. The maximum atomic E-state index is 14.1. The van der Waals surface area contributed by atoms with E-state index in [0.717, 1.165) is 0 Å². The summed E-state index contributed by atoms with van der Waals surface area (Å²) in [5.41, 5.74) is 10.7. The van der Waals surface area contributed by atoms with Gasteiger partial charge in [0.25, 0.3) is 0 Å². The summed E-state index contributed by atoms with van der Waals surface area (Å²) in [6.45, 7) is 6.04. The Hall–Kier alpha value is -4.82. The van der Waals surface area contributed by atoms with Gasteiger partial charge in [-0.2, -0.15) is 0 Å². The van der Waals surface area contributed by atoms with Crippen molar-refractivity contribution < 1.29 is 47.7 Å². The SMILES string of the molecule is CO[C@@]12[C@H](COC(N)=O)C3=C(C(=O)C(C)=C(NCCCN(C)CCCNC4=C(C)C(=O)C5=C(C4=O)[C@@H](COC(N)=O)[C@@]4(OC)C6NC6CN54)C3=O)N1C[C@@H]1N[C@@H]12. The fraction of sp³-hybridized carbons (Fsp3) is 0.622. The van der Waals surface area contributed by atoms with Gasteiger partial charge in [0.05, 0.1) is 46.7 Å². The van der Waals surface area contributed by atoms with Gasteiger partial charge < -0.3 is 66.4 Å². The van der Waals surface area contributed by atoms with Crippen LogP contribution in [0.25, 0.3) is 0 Å². The zero-order chi connectivity index (χ0) is 40.0. The first-order valence-corrected chi connectivity index (χ1v) is 19.0. The smallest absolute Gasteiger partial charge is 0.404 e. The quantitative estimate of drug-likeness (QED) is 0.0546. The number of Topliss-reactive ketones (excluding diaryl/α,β-unsaturated/α-hetero) is 4.